The van der Waals surface area contributed by atoms with Gasteiger partial charge in [0.1, 0.15) is 0 Å². The van der Waals surface area contributed by atoms with E-state index in [2.05, 4.69) is 25.1 Å². The Balaban J connectivity index is 1.91. The van der Waals surface area contributed by atoms with Crippen LogP contribution in [0, 0.1) is 16.7 Å². The van der Waals surface area contributed by atoms with Gasteiger partial charge in [-0.3, -0.25) is 0 Å². The molecule has 0 aromatic heterocycles. The van der Waals surface area contributed by atoms with Crippen molar-refractivity contribution in [3.63, 3.8) is 0 Å². The molecule has 20 heavy (non-hydrogen) atoms. The van der Waals surface area contributed by atoms with Crippen molar-refractivity contribution < 1.29 is 5.11 Å². The van der Waals surface area contributed by atoms with Gasteiger partial charge in [-0.2, -0.15) is 5.26 Å². The number of aliphatic hydroxyl groups excluding tert-OH is 1. The second kappa shape index (κ2) is 6.90. The van der Waals surface area contributed by atoms with Gasteiger partial charge in [0, 0.05) is 0 Å². The average molecular weight is 271 g/mol. The molecule has 0 fully saturated rings. The van der Waals surface area contributed by atoms with Gasteiger partial charge >= 0.3 is 0 Å². The van der Waals surface area contributed by atoms with Crippen LogP contribution in [-0.2, 0) is 12.8 Å². The number of hydrogen-bond acceptors (Lipinski definition) is 2. The summed E-state index contributed by atoms with van der Waals surface area (Å²) in [6.07, 6.45) is 7.60. The summed E-state index contributed by atoms with van der Waals surface area (Å²) < 4.78 is 0. The summed E-state index contributed by atoms with van der Waals surface area (Å²) in [6, 6.07) is 10.6. The molecule has 0 saturated carbocycles. The fourth-order valence-electron chi connectivity index (χ4n) is 3.25. The van der Waals surface area contributed by atoms with Crippen LogP contribution in [0.2, 0.25) is 0 Å². The highest BCUT2D eigenvalue weighted by Gasteiger charge is 2.43. The van der Waals surface area contributed by atoms with Crippen LogP contribution in [-0.4, -0.2) is 11.2 Å². The van der Waals surface area contributed by atoms with E-state index in [1.165, 1.54) is 36.8 Å². The quantitative estimate of drug-likeness (QED) is 0.761. The molecule has 0 bridgehead atoms. The van der Waals surface area contributed by atoms with Gasteiger partial charge in [0.2, 0.25) is 0 Å². The van der Waals surface area contributed by atoms with Crippen molar-refractivity contribution >= 4 is 0 Å². The minimum atomic E-state index is -0.589. The molecule has 1 aromatic carbocycles. The molecule has 0 heterocycles. The Bertz CT molecular complexity index is 450. The standard InChI is InChI=1S/C18H25NO/c1-2-3-4-5-6-11-17(20)18(14-19)12-15-9-7-8-10-16(15)13-18/h7-10,17,20H,2-6,11-13H2,1H3. The number of hydrogen-bond donors (Lipinski definition) is 1. The highest BCUT2D eigenvalue weighted by Crippen LogP contribution is 2.40. The summed E-state index contributed by atoms with van der Waals surface area (Å²) in [4.78, 5) is 0. The van der Waals surface area contributed by atoms with Crippen LogP contribution in [0.1, 0.15) is 56.6 Å². The van der Waals surface area contributed by atoms with Crippen molar-refractivity contribution in [2.75, 3.05) is 0 Å². The molecular weight excluding hydrogens is 246 g/mol. The van der Waals surface area contributed by atoms with Crippen LogP contribution < -0.4 is 0 Å². The van der Waals surface area contributed by atoms with Crippen molar-refractivity contribution in [1.29, 1.82) is 5.26 Å². The third kappa shape index (κ3) is 3.22. The molecule has 108 valence electrons. The Kier molecular flexibility index (Phi) is 5.20. The molecule has 0 aliphatic heterocycles. The van der Waals surface area contributed by atoms with E-state index >= 15 is 0 Å². The summed E-state index contributed by atoms with van der Waals surface area (Å²) >= 11 is 0. The molecule has 2 rings (SSSR count). The number of nitrogens with zero attached hydrogens (tertiary/aromatic N) is 1. The highest BCUT2D eigenvalue weighted by molar-refractivity contribution is 5.37. The van der Waals surface area contributed by atoms with E-state index in [0.29, 0.717) is 12.8 Å². The van der Waals surface area contributed by atoms with E-state index < -0.39 is 11.5 Å². The lowest BCUT2D eigenvalue weighted by atomic mass is 9.78. The van der Waals surface area contributed by atoms with Crippen molar-refractivity contribution in [2.24, 2.45) is 5.41 Å². The van der Waals surface area contributed by atoms with Crippen molar-refractivity contribution in [2.45, 2.75) is 64.4 Å². The lowest BCUT2D eigenvalue weighted by molar-refractivity contribution is 0.0597. The average Bonchev–Trinajstić information content (AvgIpc) is 2.87. The minimum Gasteiger partial charge on any atom is -0.391 e. The van der Waals surface area contributed by atoms with Crippen LogP contribution in [0.4, 0.5) is 0 Å². The van der Waals surface area contributed by atoms with Gasteiger partial charge in [-0.15, -0.1) is 0 Å². The van der Waals surface area contributed by atoms with Crippen LogP contribution in [0.25, 0.3) is 0 Å². The number of nitriles is 1. The molecule has 1 aliphatic carbocycles. The zero-order chi connectivity index (χ0) is 14.4. The third-order valence-electron chi connectivity index (χ3n) is 4.57. The summed E-state index contributed by atoms with van der Waals surface area (Å²) in [6.45, 7) is 2.20. The minimum absolute atomic E-state index is 0.499. The van der Waals surface area contributed by atoms with Gasteiger partial charge in [-0.1, -0.05) is 63.3 Å². The molecule has 0 amide bonds. The molecule has 2 heteroatoms. The van der Waals surface area contributed by atoms with Crippen molar-refractivity contribution in [1.82, 2.24) is 0 Å². The van der Waals surface area contributed by atoms with Gasteiger partial charge in [0.25, 0.3) is 0 Å². The van der Waals surface area contributed by atoms with E-state index in [9.17, 15) is 10.4 Å². The lowest BCUT2D eigenvalue weighted by Gasteiger charge is -2.27. The van der Waals surface area contributed by atoms with Gasteiger partial charge in [-0.05, 0) is 30.4 Å². The Hall–Kier alpha value is -1.33. The van der Waals surface area contributed by atoms with Gasteiger partial charge in [0.15, 0.2) is 0 Å². The number of fused-ring (bicyclic) bond motifs is 1. The van der Waals surface area contributed by atoms with E-state index in [1.54, 1.807) is 0 Å². The van der Waals surface area contributed by atoms with E-state index in [-0.39, 0.29) is 0 Å². The maximum atomic E-state index is 10.5. The second-order valence-electron chi connectivity index (χ2n) is 6.11. The molecular formula is C18H25NO. The largest absolute Gasteiger partial charge is 0.391 e. The molecule has 2 nitrogen and oxygen atoms in total. The van der Waals surface area contributed by atoms with Crippen LogP contribution >= 0.6 is 0 Å². The SMILES string of the molecule is CCCCCCCC(O)C1(C#N)Cc2ccccc2C1. The first-order valence-electron chi connectivity index (χ1n) is 7.88. The number of rotatable bonds is 7. The summed E-state index contributed by atoms with van der Waals surface area (Å²) in [7, 11) is 0. The van der Waals surface area contributed by atoms with Gasteiger partial charge in [-0.25, -0.2) is 0 Å². The second-order valence-corrected chi connectivity index (χ2v) is 6.11. The van der Waals surface area contributed by atoms with Crippen LogP contribution in [0.15, 0.2) is 24.3 Å². The first-order chi connectivity index (χ1) is 9.72. The molecule has 1 N–H and O–H groups in total. The summed E-state index contributed by atoms with van der Waals surface area (Å²) in [5.74, 6) is 0. The number of aliphatic hydroxyl groups is 1. The van der Waals surface area contributed by atoms with Crippen LogP contribution in [0.3, 0.4) is 0 Å². The van der Waals surface area contributed by atoms with E-state index in [0.717, 1.165) is 12.8 Å². The number of unbranched alkanes of at least 4 members (excludes halogenated alkanes) is 4. The first-order valence-corrected chi connectivity index (χ1v) is 7.88. The summed E-state index contributed by atoms with van der Waals surface area (Å²) in [5, 5.41) is 20.1. The first kappa shape index (κ1) is 15.1. The monoisotopic (exact) mass is 271 g/mol. The Morgan fingerprint density at radius 1 is 1.15 bits per heavy atom. The zero-order valence-electron chi connectivity index (χ0n) is 12.4. The Morgan fingerprint density at radius 3 is 2.30 bits per heavy atom. The molecule has 1 atom stereocenters. The lowest BCUT2D eigenvalue weighted by Crippen LogP contribution is -2.34. The van der Waals surface area contributed by atoms with E-state index in [4.69, 9.17) is 0 Å². The summed E-state index contributed by atoms with van der Waals surface area (Å²) in [5.41, 5.74) is 1.88. The molecule has 1 aromatic rings. The van der Waals surface area contributed by atoms with E-state index in [1.807, 2.05) is 12.1 Å². The molecule has 0 saturated heterocycles. The van der Waals surface area contributed by atoms with Gasteiger partial charge < -0.3 is 5.11 Å². The Morgan fingerprint density at radius 2 is 1.75 bits per heavy atom. The topological polar surface area (TPSA) is 44.0 Å². The Labute approximate surface area is 122 Å². The molecule has 0 radical (unpaired) electrons. The smallest absolute Gasteiger partial charge is 0.0912 e. The molecule has 1 aliphatic rings. The number of benzene rings is 1. The fraction of sp³-hybridized carbons (Fsp3) is 0.611. The van der Waals surface area contributed by atoms with Crippen molar-refractivity contribution in [3.8, 4) is 6.07 Å². The normalized spacial score (nSPS) is 17.4. The predicted octanol–water partition coefficient (Wildman–Crippen LogP) is 4.02. The van der Waals surface area contributed by atoms with Crippen molar-refractivity contribution in [3.05, 3.63) is 35.4 Å². The maximum Gasteiger partial charge on any atom is 0.0912 e. The molecule has 0 spiro atoms. The maximum absolute atomic E-state index is 10.5. The highest BCUT2D eigenvalue weighted by atomic mass is 16.3. The predicted molar refractivity (Wildman–Crippen MR) is 81.3 cm³/mol. The molecule has 1 unspecified atom stereocenters. The van der Waals surface area contributed by atoms with Gasteiger partial charge in [0.05, 0.1) is 17.6 Å². The van der Waals surface area contributed by atoms with Crippen LogP contribution in [0.5, 0.6) is 0 Å². The zero-order valence-corrected chi connectivity index (χ0v) is 12.4. The third-order valence-corrected chi connectivity index (χ3v) is 4.57. The fourth-order valence-corrected chi connectivity index (χ4v) is 3.25.